The Labute approximate surface area is 240 Å². The zero-order valence-corrected chi connectivity index (χ0v) is 23.4. The molecule has 1 aliphatic carbocycles. The Balaban J connectivity index is 1.22. The zero-order chi connectivity index (χ0) is 27.1. The molecule has 1 saturated heterocycles. The number of carbonyl (C=O) groups excluding carboxylic acids is 1. The van der Waals surface area contributed by atoms with E-state index in [4.69, 9.17) is 39.8 Å². The molecule has 202 valence electrons. The van der Waals surface area contributed by atoms with Gasteiger partial charge in [-0.2, -0.15) is 0 Å². The van der Waals surface area contributed by atoms with Crippen molar-refractivity contribution in [2.75, 3.05) is 13.1 Å². The van der Waals surface area contributed by atoms with Crippen LogP contribution in [-0.4, -0.2) is 48.9 Å². The molecule has 1 N–H and O–H groups in total. The first-order valence-electron chi connectivity index (χ1n) is 13.2. The van der Waals surface area contributed by atoms with E-state index in [1.165, 1.54) is 0 Å². The minimum absolute atomic E-state index is 0.00783. The number of hydrogen-bond acceptors (Lipinski definition) is 5. The van der Waals surface area contributed by atoms with Crippen molar-refractivity contribution in [3.05, 3.63) is 84.8 Å². The van der Waals surface area contributed by atoms with Crippen LogP contribution in [0.3, 0.4) is 0 Å². The summed E-state index contributed by atoms with van der Waals surface area (Å²) in [5.74, 6) is 0.784. The van der Waals surface area contributed by atoms with Crippen LogP contribution in [0.25, 0.3) is 11.2 Å². The normalized spacial score (nSPS) is 17.7. The molecule has 4 aromatic rings. The molecule has 2 aromatic carbocycles. The second-order valence-corrected chi connectivity index (χ2v) is 11.7. The van der Waals surface area contributed by atoms with Crippen LogP contribution in [-0.2, 0) is 16.8 Å². The summed E-state index contributed by atoms with van der Waals surface area (Å²) in [6.07, 6.45) is 5.19. The van der Waals surface area contributed by atoms with Crippen LogP contribution in [0.1, 0.15) is 61.4 Å². The Hall–Kier alpha value is -2.94. The smallest absolute Gasteiger partial charge is 0.281 e. The van der Waals surface area contributed by atoms with Crippen molar-refractivity contribution < 1.29 is 4.79 Å². The lowest BCUT2D eigenvalue weighted by Gasteiger charge is -2.38. The number of fused-ring (bicyclic) bond motifs is 1. The van der Waals surface area contributed by atoms with Crippen LogP contribution in [0.15, 0.2) is 47.3 Å². The number of rotatable bonds is 5. The summed E-state index contributed by atoms with van der Waals surface area (Å²) in [4.78, 5) is 36.4. The van der Waals surface area contributed by atoms with Crippen molar-refractivity contribution in [1.82, 2.24) is 29.9 Å². The van der Waals surface area contributed by atoms with Crippen molar-refractivity contribution in [2.24, 2.45) is 0 Å². The molecule has 6 rings (SSSR count). The fraction of sp³-hybridized carbons (Fsp3) is 0.393. The van der Waals surface area contributed by atoms with E-state index in [9.17, 15) is 9.59 Å². The first-order valence-corrected chi connectivity index (χ1v) is 14.3. The van der Waals surface area contributed by atoms with E-state index in [0.717, 1.165) is 31.2 Å². The van der Waals surface area contributed by atoms with Crippen LogP contribution in [0, 0.1) is 0 Å². The van der Waals surface area contributed by atoms with Crippen molar-refractivity contribution in [3.8, 4) is 0 Å². The number of nitrogens with zero attached hydrogens (tertiary/aromatic N) is 5. The Morgan fingerprint density at radius 3 is 2.33 bits per heavy atom. The van der Waals surface area contributed by atoms with E-state index in [2.05, 4.69) is 15.3 Å². The Morgan fingerprint density at radius 2 is 1.67 bits per heavy atom. The lowest BCUT2D eigenvalue weighted by atomic mass is 9.77. The third-order valence-corrected chi connectivity index (χ3v) is 9.15. The van der Waals surface area contributed by atoms with Gasteiger partial charge in [0.2, 0.25) is 5.91 Å². The molecule has 2 aromatic heterocycles. The minimum atomic E-state index is -0.485. The molecular weight excluding hydrogens is 559 g/mol. The highest BCUT2D eigenvalue weighted by Crippen LogP contribution is 2.44. The van der Waals surface area contributed by atoms with Gasteiger partial charge in [0.1, 0.15) is 5.82 Å². The largest absolute Gasteiger partial charge is 0.342 e. The van der Waals surface area contributed by atoms with Gasteiger partial charge < -0.3 is 9.88 Å². The third-order valence-electron chi connectivity index (χ3n) is 8.19. The van der Waals surface area contributed by atoms with Gasteiger partial charge >= 0.3 is 0 Å². The molecule has 0 radical (unpaired) electrons. The molecule has 0 bridgehead atoms. The molecule has 2 fully saturated rings. The number of H-pyrrole nitrogens is 1. The number of aromatic amines is 1. The average molecular weight is 586 g/mol. The topological polar surface area (TPSA) is 96.8 Å². The number of halogens is 3. The van der Waals surface area contributed by atoms with Crippen LogP contribution < -0.4 is 5.56 Å². The second-order valence-electron chi connectivity index (χ2n) is 10.4. The van der Waals surface area contributed by atoms with Crippen molar-refractivity contribution >= 4 is 51.9 Å². The number of hydrogen-bond donors (Lipinski definition) is 1. The van der Waals surface area contributed by atoms with Crippen molar-refractivity contribution in [1.29, 1.82) is 0 Å². The molecule has 1 aliphatic heterocycles. The first-order chi connectivity index (χ1) is 18.9. The van der Waals surface area contributed by atoms with Gasteiger partial charge in [0.05, 0.1) is 12.0 Å². The summed E-state index contributed by atoms with van der Waals surface area (Å²) in [6.45, 7) is 1.45. The van der Waals surface area contributed by atoms with Crippen LogP contribution in [0.4, 0.5) is 0 Å². The summed E-state index contributed by atoms with van der Waals surface area (Å²) >= 11 is 18.8. The average Bonchev–Trinajstić information content (AvgIpc) is 3.60. The van der Waals surface area contributed by atoms with Gasteiger partial charge in [-0.15, -0.1) is 5.10 Å². The predicted molar refractivity (Wildman–Crippen MR) is 152 cm³/mol. The Morgan fingerprint density at radius 1 is 1.00 bits per heavy atom. The van der Waals surface area contributed by atoms with E-state index in [1.807, 2.05) is 29.2 Å². The molecule has 1 amide bonds. The predicted octanol–water partition coefficient (Wildman–Crippen LogP) is 5.74. The molecule has 0 atom stereocenters. The summed E-state index contributed by atoms with van der Waals surface area (Å²) in [6, 6.07) is 13.0. The van der Waals surface area contributed by atoms with Crippen LogP contribution >= 0.6 is 34.8 Å². The van der Waals surface area contributed by atoms with Crippen molar-refractivity contribution in [3.63, 3.8) is 0 Å². The molecule has 39 heavy (non-hydrogen) atoms. The van der Waals surface area contributed by atoms with Gasteiger partial charge in [0, 0.05) is 39.6 Å². The quantitative estimate of drug-likeness (QED) is 0.322. The Bertz CT molecular complexity index is 1570. The monoisotopic (exact) mass is 584 g/mol. The summed E-state index contributed by atoms with van der Waals surface area (Å²) in [5.41, 5.74) is 1.47. The van der Waals surface area contributed by atoms with Crippen LogP contribution in [0.2, 0.25) is 15.1 Å². The molecule has 3 heterocycles. The molecule has 2 aliphatic rings. The van der Waals surface area contributed by atoms with Gasteiger partial charge in [-0.25, -0.2) is 9.67 Å². The standard InChI is InChI=1S/C28H27Cl3N6O2/c29-19-8-6-18(7-9-19)28(12-1-2-13-28)27(39)36-14-10-17(11-15-36)24-32-25-23(26(38)33-24)34-35-37(25)16-20-21(30)4-3-5-22(20)31/h3-9,17H,1-2,10-16H2,(H,32,33,38). The van der Waals surface area contributed by atoms with E-state index in [1.54, 1.807) is 22.9 Å². The highest BCUT2D eigenvalue weighted by Gasteiger charge is 2.45. The highest BCUT2D eigenvalue weighted by atomic mass is 35.5. The van der Waals surface area contributed by atoms with E-state index in [-0.39, 0.29) is 29.4 Å². The number of likely N-dealkylation sites (tertiary alicyclic amines) is 1. The number of carbonyl (C=O) groups is 1. The maximum Gasteiger partial charge on any atom is 0.281 e. The minimum Gasteiger partial charge on any atom is -0.342 e. The summed E-state index contributed by atoms with van der Waals surface area (Å²) < 4.78 is 1.55. The number of amides is 1. The summed E-state index contributed by atoms with van der Waals surface area (Å²) in [7, 11) is 0. The number of aromatic nitrogens is 5. The lowest BCUT2D eigenvalue weighted by molar-refractivity contribution is -0.138. The fourth-order valence-electron chi connectivity index (χ4n) is 6.05. The SMILES string of the molecule is O=C(N1CCC(c2nc3c(nnn3Cc3c(Cl)cccc3Cl)c(=O)[nH]2)CC1)C1(c2ccc(Cl)cc2)CCCC1. The molecule has 11 heteroatoms. The van der Waals surface area contributed by atoms with Gasteiger partial charge in [0.15, 0.2) is 11.2 Å². The first kappa shape index (κ1) is 26.3. The highest BCUT2D eigenvalue weighted by molar-refractivity contribution is 6.36. The number of piperidine rings is 1. The van der Waals surface area contributed by atoms with Gasteiger partial charge in [0.25, 0.3) is 5.56 Å². The summed E-state index contributed by atoms with van der Waals surface area (Å²) in [5, 5.41) is 9.87. The van der Waals surface area contributed by atoms with E-state index < -0.39 is 5.41 Å². The fourth-order valence-corrected chi connectivity index (χ4v) is 6.69. The molecule has 1 saturated carbocycles. The van der Waals surface area contributed by atoms with E-state index in [0.29, 0.717) is 58.0 Å². The molecular formula is C28H27Cl3N6O2. The van der Waals surface area contributed by atoms with Gasteiger partial charge in [-0.05, 0) is 55.5 Å². The second kappa shape index (κ2) is 10.6. The number of nitrogens with one attached hydrogen (secondary N) is 1. The lowest BCUT2D eigenvalue weighted by Crippen LogP contribution is -2.48. The van der Waals surface area contributed by atoms with Crippen LogP contribution in [0.5, 0.6) is 0 Å². The van der Waals surface area contributed by atoms with Gasteiger partial charge in [-0.1, -0.05) is 71.1 Å². The molecule has 0 spiro atoms. The third kappa shape index (κ3) is 4.83. The van der Waals surface area contributed by atoms with E-state index >= 15 is 0 Å². The van der Waals surface area contributed by atoms with Crippen molar-refractivity contribution in [2.45, 2.75) is 56.4 Å². The maximum atomic E-state index is 13.9. The van der Waals surface area contributed by atoms with Gasteiger partial charge in [-0.3, -0.25) is 9.59 Å². The zero-order valence-electron chi connectivity index (χ0n) is 21.2. The maximum absolute atomic E-state index is 13.9. The molecule has 8 nitrogen and oxygen atoms in total. The molecule has 0 unspecified atom stereocenters. The Kier molecular flexibility index (Phi) is 7.12. The number of benzene rings is 2.